The van der Waals surface area contributed by atoms with Gasteiger partial charge in [-0.1, -0.05) is 127 Å². The molecule has 0 spiro atoms. The minimum Gasteiger partial charge on any atom is -0.0895 e. The van der Waals surface area contributed by atoms with Crippen LogP contribution in [0.15, 0.2) is 58.3 Å². The fourth-order valence-corrected chi connectivity index (χ4v) is 33.3. The van der Waals surface area contributed by atoms with E-state index in [1.54, 1.807) is 11.1 Å². The average molecular weight is 507 g/mol. The standard InChI is InChI=1S/C26H46SSi4/c1-28(2,3)25(29(4,5)6)21-17-13-15-19-23(21)27-24-20-16-14-18-22(24)26(30(7,8)9)31(10,11)12/h13-20,25-26H,1-12H3/i1+1,4+1,7+1,10+1. The maximum absolute atomic E-state index is 2.57. The van der Waals surface area contributed by atoms with Crippen molar-refractivity contribution in [3.8, 4) is 0 Å². The van der Waals surface area contributed by atoms with Gasteiger partial charge >= 0.3 is 0 Å². The molecule has 2 rings (SSSR count). The fourth-order valence-electron chi connectivity index (χ4n) is 6.21. The summed E-state index contributed by atoms with van der Waals surface area (Å²) in [6.45, 7) is 30.8. The predicted octanol–water partition coefficient (Wildman–Crippen LogP) is 9.51. The molecule has 0 saturated carbocycles. The highest BCUT2D eigenvalue weighted by Gasteiger charge is 2.41. The fraction of sp³-hybridized carbons (Fsp3) is 0.538. The second-order valence-electron chi connectivity index (χ2n) is 13.5. The summed E-state index contributed by atoms with van der Waals surface area (Å²) in [4.78, 5) is 2.99. The van der Waals surface area contributed by atoms with Gasteiger partial charge in [0.1, 0.15) is 0 Å². The molecule has 0 bridgehead atoms. The lowest BCUT2D eigenvalue weighted by Crippen LogP contribution is -2.47. The van der Waals surface area contributed by atoms with Crippen molar-refractivity contribution >= 4 is 44.1 Å². The first-order valence-electron chi connectivity index (χ1n) is 11.8. The molecular weight excluding hydrogens is 461 g/mol. The van der Waals surface area contributed by atoms with Gasteiger partial charge in [0.25, 0.3) is 0 Å². The monoisotopic (exact) mass is 506 g/mol. The quantitative estimate of drug-likeness (QED) is 0.254. The molecule has 0 heterocycles. The summed E-state index contributed by atoms with van der Waals surface area (Å²) in [6.07, 6.45) is 0. The SMILES string of the molecule is C[Si](C)([13CH3])C(c1ccccc1Sc1ccccc1C([Si](C)(C)[13CH3])[Si](C)(C)[13CH3])[Si](C)(C)[13CH3]. The van der Waals surface area contributed by atoms with E-state index in [0.717, 1.165) is 10.3 Å². The first-order valence-corrected chi connectivity index (χ1v) is 26.9. The Balaban J connectivity index is 2.63. The molecule has 0 aliphatic carbocycles. The van der Waals surface area contributed by atoms with Crippen LogP contribution in [0, 0.1) is 0 Å². The van der Waals surface area contributed by atoms with Crippen LogP contribution in [0.5, 0.6) is 0 Å². The maximum atomic E-state index is 2.57. The Hall–Kier alpha value is -0.342. The molecular formula is C26H46SSi4. The molecule has 2 aromatic rings. The van der Waals surface area contributed by atoms with Crippen LogP contribution in [0.2, 0.25) is 78.6 Å². The van der Waals surface area contributed by atoms with Gasteiger partial charge in [-0.25, -0.2) is 0 Å². The molecule has 0 unspecified atom stereocenters. The summed E-state index contributed by atoms with van der Waals surface area (Å²) >= 11 is 2.05. The van der Waals surface area contributed by atoms with Crippen molar-refractivity contribution in [1.82, 2.24) is 0 Å². The van der Waals surface area contributed by atoms with Gasteiger partial charge in [0, 0.05) is 42.1 Å². The highest BCUT2D eigenvalue weighted by molar-refractivity contribution is 7.99. The van der Waals surface area contributed by atoms with Gasteiger partial charge in [0.15, 0.2) is 0 Å². The minimum atomic E-state index is -1.34. The third-order valence-electron chi connectivity index (χ3n) is 6.14. The van der Waals surface area contributed by atoms with E-state index in [1.165, 1.54) is 9.79 Å². The normalized spacial score (nSPS) is 13.9. The molecule has 0 radical (unpaired) electrons. The third kappa shape index (κ3) is 6.82. The number of hydrogen-bond acceptors (Lipinski definition) is 1. The number of hydrogen-bond donors (Lipinski definition) is 0. The lowest BCUT2D eigenvalue weighted by atomic mass is 10.2. The van der Waals surface area contributed by atoms with Crippen molar-refractivity contribution in [3.63, 3.8) is 0 Å². The topological polar surface area (TPSA) is 0 Å². The molecule has 0 N–H and O–H groups in total. The van der Waals surface area contributed by atoms with Crippen LogP contribution in [0.3, 0.4) is 0 Å². The first kappa shape index (κ1) is 26.9. The van der Waals surface area contributed by atoms with Crippen molar-refractivity contribution in [3.05, 3.63) is 59.7 Å². The summed E-state index contributed by atoms with van der Waals surface area (Å²) in [7, 11) is -5.38. The Bertz CT molecular complexity index is 778. The molecule has 0 saturated heterocycles. The van der Waals surface area contributed by atoms with Gasteiger partial charge in [-0.3, -0.25) is 0 Å². The lowest BCUT2D eigenvalue weighted by molar-refractivity contribution is 1.10. The molecule has 0 fully saturated rings. The molecule has 31 heavy (non-hydrogen) atoms. The van der Waals surface area contributed by atoms with E-state index in [9.17, 15) is 0 Å². The van der Waals surface area contributed by atoms with Crippen LogP contribution in [0.1, 0.15) is 21.5 Å². The van der Waals surface area contributed by atoms with Crippen LogP contribution in [0.25, 0.3) is 0 Å². The van der Waals surface area contributed by atoms with Crippen LogP contribution < -0.4 is 0 Å². The van der Waals surface area contributed by atoms with Gasteiger partial charge < -0.3 is 0 Å². The Morgan fingerprint density at radius 3 is 0.968 bits per heavy atom. The van der Waals surface area contributed by atoms with Crippen molar-refractivity contribution in [2.45, 2.75) is 98.7 Å². The van der Waals surface area contributed by atoms with Gasteiger partial charge in [-0.15, -0.1) is 0 Å². The molecule has 0 amide bonds. The molecule has 172 valence electrons. The smallest absolute Gasteiger partial charge is 0.0493 e. The lowest BCUT2D eigenvalue weighted by Gasteiger charge is -2.41. The Kier molecular flexibility index (Phi) is 8.24. The zero-order chi connectivity index (χ0) is 23.8. The van der Waals surface area contributed by atoms with E-state index in [4.69, 9.17) is 0 Å². The van der Waals surface area contributed by atoms with Gasteiger partial charge in [-0.05, 0) is 33.6 Å². The maximum Gasteiger partial charge on any atom is 0.0493 e. The molecule has 5 heteroatoms. The van der Waals surface area contributed by atoms with Gasteiger partial charge in [-0.2, -0.15) is 0 Å². The van der Waals surface area contributed by atoms with Gasteiger partial charge in [0.05, 0.1) is 0 Å². The molecule has 0 aromatic heterocycles. The van der Waals surface area contributed by atoms with Crippen molar-refractivity contribution in [2.75, 3.05) is 0 Å². The predicted molar refractivity (Wildman–Crippen MR) is 156 cm³/mol. The molecule has 0 nitrogen and oxygen atoms in total. The van der Waals surface area contributed by atoms with E-state index < -0.39 is 32.3 Å². The number of rotatable bonds is 8. The Morgan fingerprint density at radius 2 is 0.710 bits per heavy atom. The largest absolute Gasteiger partial charge is 0.0895 e. The summed E-state index contributed by atoms with van der Waals surface area (Å²) in [5, 5.41) is 1.53. The Morgan fingerprint density at radius 1 is 0.452 bits per heavy atom. The van der Waals surface area contributed by atoms with E-state index in [-0.39, 0.29) is 0 Å². The summed E-state index contributed by atoms with van der Waals surface area (Å²) < 4.78 is 0. The third-order valence-corrected chi connectivity index (χ3v) is 25.9. The van der Waals surface area contributed by atoms with E-state index in [0.29, 0.717) is 0 Å². The summed E-state index contributed by atoms with van der Waals surface area (Å²) in [5.41, 5.74) is 3.25. The first-order chi connectivity index (χ1) is 13.9. The van der Waals surface area contributed by atoms with Crippen molar-refractivity contribution < 1.29 is 0 Å². The second kappa shape index (κ2) is 9.49. The van der Waals surface area contributed by atoms with Crippen molar-refractivity contribution in [2.24, 2.45) is 0 Å². The van der Waals surface area contributed by atoms with Crippen LogP contribution in [-0.2, 0) is 0 Å². The number of benzene rings is 2. The minimum absolute atomic E-state index is 0.764. The molecule has 0 aliphatic heterocycles. The van der Waals surface area contributed by atoms with Gasteiger partial charge in [0.2, 0.25) is 0 Å². The highest BCUT2D eigenvalue weighted by atomic mass is 32.2. The molecule has 0 atom stereocenters. The zero-order valence-electron chi connectivity index (χ0n) is 22.2. The van der Waals surface area contributed by atoms with E-state index in [1.807, 2.05) is 0 Å². The van der Waals surface area contributed by atoms with Crippen LogP contribution in [-0.4, -0.2) is 32.3 Å². The average Bonchev–Trinajstić information content (AvgIpc) is 2.53. The zero-order valence-corrected chi connectivity index (χ0v) is 27.0. The highest BCUT2D eigenvalue weighted by Crippen LogP contribution is 2.45. The van der Waals surface area contributed by atoms with Crippen molar-refractivity contribution in [1.29, 1.82) is 0 Å². The summed E-state index contributed by atoms with van der Waals surface area (Å²) in [6, 6.07) is 18.7. The van der Waals surface area contributed by atoms with E-state index >= 15 is 0 Å². The van der Waals surface area contributed by atoms with E-state index in [2.05, 4.69) is 139 Å². The van der Waals surface area contributed by atoms with Crippen LogP contribution >= 0.6 is 11.8 Å². The summed E-state index contributed by atoms with van der Waals surface area (Å²) in [5.74, 6) is 0. The molecule has 0 aliphatic rings. The second-order valence-corrected chi connectivity index (χ2v) is 37.0. The Labute approximate surface area is 201 Å². The van der Waals surface area contributed by atoms with Crippen LogP contribution in [0.4, 0.5) is 0 Å². The molecule has 2 aromatic carbocycles.